The Kier molecular flexibility index (Phi) is 4.10. The van der Waals surface area contributed by atoms with Gasteiger partial charge in [-0.15, -0.1) is 0 Å². The minimum absolute atomic E-state index is 0.118. The van der Waals surface area contributed by atoms with E-state index in [-0.39, 0.29) is 17.0 Å². The minimum atomic E-state index is -0.535. The summed E-state index contributed by atoms with van der Waals surface area (Å²) >= 11 is 0. The van der Waals surface area contributed by atoms with Crippen molar-refractivity contribution in [2.24, 2.45) is 4.99 Å². The van der Waals surface area contributed by atoms with Crippen molar-refractivity contribution in [3.8, 4) is 5.75 Å². The highest BCUT2D eigenvalue weighted by Crippen LogP contribution is 2.20. The lowest BCUT2D eigenvalue weighted by Gasteiger charge is -2.08. The van der Waals surface area contributed by atoms with Crippen molar-refractivity contribution in [3.63, 3.8) is 0 Å². The van der Waals surface area contributed by atoms with Crippen molar-refractivity contribution < 1.29 is 10.0 Å². The molecule has 0 saturated carbocycles. The summed E-state index contributed by atoms with van der Waals surface area (Å²) in [5.74, 6) is -0.287. The summed E-state index contributed by atoms with van der Waals surface area (Å²) in [4.78, 5) is 14.3. The monoisotopic (exact) mass is 269 g/mol. The molecular weight excluding hydrogens is 256 g/mol. The maximum Gasteiger partial charge on any atom is 0.270 e. The third kappa shape index (κ3) is 3.20. The number of nitro groups is 1. The van der Waals surface area contributed by atoms with E-state index in [1.807, 2.05) is 24.3 Å². The fraction of sp³-hybridized carbons (Fsp3) is 0.133. The molecule has 0 aliphatic heterocycles. The van der Waals surface area contributed by atoms with Gasteiger partial charge in [-0.1, -0.05) is 30.9 Å². The molecular formula is C15H13N2O3-. The number of nitrogens with zero attached hydrogens (tertiary/aromatic N) is 2. The highest BCUT2D eigenvalue weighted by Gasteiger charge is 2.05. The molecule has 0 spiro atoms. The standard InChI is InChI=1S/C15H14N2O3/c1-2-11-3-5-13(6-4-11)16-10-12-9-14(17(19)20)7-8-15(12)18/h3-10,18H,2H2,1H3/p-1. The Morgan fingerprint density at radius 3 is 2.50 bits per heavy atom. The van der Waals surface area contributed by atoms with Crippen molar-refractivity contribution in [1.29, 1.82) is 0 Å². The Hall–Kier alpha value is -2.69. The lowest BCUT2D eigenvalue weighted by atomic mass is 10.1. The van der Waals surface area contributed by atoms with E-state index in [1.165, 1.54) is 30.0 Å². The van der Waals surface area contributed by atoms with Gasteiger partial charge in [0.05, 0.1) is 10.6 Å². The molecule has 0 aliphatic rings. The molecule has 0 radical (unpaired) electrons. The van der Waals surface area contributed by atoms with E-state index < -0.39 is 4.92 Å². The van der Waals surface area contributed by atoms with Gasteiger partial charge in [-0.2, -0.15) is 0 Å². The SMILES string of the molecule is CCc1ccc(N=Cc2cc([N+](=O)[O-])ccc2[O-])cc1. The van der Waals surface area contributed by atoms with Gasteiger partial charge < -0.3 is 5.11 Å². The molecule has 5 nitrogen and oxygen atoms in total. The molecule has 2 aromatic carbocycles. The van der Waals surface area contributed by atoms with Crippen molar-refractivity contribution in [1.82, 2.24) is 0 Å². The van der Waals surface area contributed by atoms with Crippen LogP contribution >= 0.6 is 0 Å². The topological polar surface area (TPSA) is 78.6 Å². The molecule has 2 aromatic rings. The van der Waals surface area contributed by atoms with Crippen LogP contribution < -0.4 is 5.11 Å². The first kappa shape index (κ1) is 13.7. The normalized spacial score (nSPS) is 10.8. The zero-order valence-electron chi connectivity index (χ0n) is 10.9. The van der Waals surface area contributed by atoms with Crippen LogP contribution in [0.5, 0.6) is 5.75 Å². The largest absolute Gasteiger partial charge is 0.872 e. The fourth-order valence-electron chi connectivity index (χ4n) is 1.71. The van der Waals surface area contributed by atoms with E-state index in [4.69, 9.17) is 0 Å². The summed E-state index contributed by atoms with van der Waals surface area (Å²) in [6.07, 6.45) is 2.30. The second-order valence-corrected chi connectivity index (χ2v) is 4.26. The maximum atomic E-state index is 11.6. The highest BCUT2D eigenvalue weighted by atomic mass is 16.6. The molecule has 0 saturated heterocycles. The third-order valence-electron chi connectivity index (χ3n) is 2.90. The summed E-state index contributed by atoms with van der Waals surface area (Å²) in [5.41, 5.74) is 1.99. The van der Waals surface area contributed by atoms with Gasteiger partial charge >= 0.3 is 0 Å². The molecule has 2 rings (SSSR count). The number of benzene rings is 2. The van der Waals surface area contributed by atoms with Crippen LogP contribution in [0.2, 0.25) is 0 Å². The number of non-ortho nitro benzene ring substituents is 1. The second-order valence-electron chi connectivity index (χ2n) is 4.26. The van der Waals surface area contributed by atoms with Gasteiger partial charge in [-0.3, -0.25) is 15.1 Å². The number of hydrogen-bond donors (Lipinski definition) is 0. The summed E-state index contributed by atoms with van der Waals surface area (Å²) in [6.45, 7) is 2.06. The smallest absolute Gasteiger partial charge is 0.270 e. The van der Waals surface area contributed by atoms with Gasteiger partial charge in [0.25, 0.3) is 5.69 Å². The van der Waals surface area contributed by atoms with E-state index in [0.717, 1.165) is 6.42 Å². The number of nitro benzene ring substituents is 1. The van der Waals surface area contributed by atoms with Crippen LogP contribution in [0, 0.1) is 10.1 Å². The highest BCUT2D eigenvalue weighted by molar-refractivity contribution is 5.86. The van der Waals surface area contributed by atoms with Gasteiger partial charge in [0.15, 0.2) is 0 Å². The predicted molar refractivity (Wildman–Crippen MR) is 75.6 cm³/mol. The molecule has 0 atom stereocenters. The Labute approximate surface area is 116 Å². The summed E-state index contributed by atoms with van der Waals surface area (Å²) in [5, 5.41) is 22.3. The van der Waals surface area contributed by atoms with Gasteiger partial charge in [-0.25, -0.2) is 0 Å². The third-order valence-corrected chi connectivity index (χ3v) is 2.90. The van der Waals surface area contributed by atoms with E-state index in [1.54, 1.807) is 0 Å². The minimum Gasteiger partial charge on any atom is -0.872 e. The quantitative estimate of drug-likeness (QED) is 0.486. The van der Waals surface area contributed by atoms with Crippen LogP contribution in [-0.4, -0.2) is 11.1 Å². The molecule has 0 N–H and O–H groups in total. The van der Waals surface area contributed by atoms with Gasteiger partial charge in [-0.05, 0) is 29.7 Å². The average Bonchev–Trinajstić information content (AvgIpc) is 2.46. The summed E-state index contributed by atoms with van der Waals surface area (Å²) in [6, 6.07) is 11.2. The average molecular weight is 269 g/mol. The van der Waals surface area contributed by atoms with E-state index >= 15 is 0 Å². The van der Waals surface area contributed by atoms with E-state index in [2.05, 4.69) is 11.9 Å². The number of aliphatic imine (C=N–C) groups is 1. The van der Waals surface area contributed by atoms with Gasteiger partial charge in [0.2, 0.25) is 0 Å². The molecule has 102 valence electrons. The Morgan fingerprint density at radius 1 is 1.20 bits per heavy atom. The molecule has 0 fully saturated rings. The first-order chi connectivity index (χ1) is 9.60. The lowest BCUT2D eigenvalue weighted by molar-refractivity contribution is -0.385. The predicted octanol–water partition coefficient (Wildman–Crippen LogP) is 2.98. The van der Waals surface area contributed by atoms with Crippen molar-refractivity contribution in [3.05, 3.63) is 63.7 Å². The summed E-state index contributed by atoms with van der Waals surface area (Å²) in [7, 11) is 0. The molecule has 0 bridgehead atoms. The molecule has 0 amide bonds. The second kappa shape index (κ2) is 5.97. The number of hydrogen-bond acceptors (Lipinski definition) is 4. The maximum absolute atomic E-state index is 11.6. The molecule has 0 heterocycles. The van der Waals surface area contributed by atoms with Crippen LogP contribution in [0.1, 0.15) is 18.1 Å². The van der Waals surface area contributed by atoms with Crippen molar-refractivity contribution in [2.75, 3.05) is 0 Å². The van der Waals surface area contributed by atoms with Crippen LogP contribution in [0.3, 0.4) is 0 Å². The summed E-state index contributed by atoms with van der Waals surface area (Å²) < 4.78 is 0. The molecule has 5 heteroatoms. The van der Waals surface area contributed by atoms with Crippen molar-refractivity contribution >= 4 is 17.6 Å². The molecule has 20 heavy (non-hydrogen) atoms. The Morgan fingerprint density at radius 2 is 1.90 bits per heavy atom. The van der Waals surface area contributed by atoms with Gasteiger partial charge in [0.1, 0.15) is 0 Å². The first-order valence-electron chi connectivity index (χ1n) is 6.18. The first-order valence-corrected chi connectivity index (χ1v) is 6.18. The van der Waals surface area contributed by atoms with E-state index in [9.17, 15) is 15.2 Å². The van der Waals surface area contributed by atoms with Gasteiger partial charge in [0, 0.05) is 18.3 Å². The van der Waals surface area contributed by atoms with Crippen LogP contribution in [0.4, 0.5) is 11.4 Å². The zero-order chi connectivity index (χ0) is 14.5. The van der Waals surface area contributed by atoms with Crippen LogP contribution in [0.25, 0.3) is 0 Å². The van der Waals surface area contributed by atoms with Crippen LogP contribution in [-0.2, 0) is 6.42 Å². The zero-order valence-corrected chi connectivity index (χ0v) is 10.9. The van der Waals surface area contributed by atoms with Crippen molar-refractivity contribution in [2.45, 2.75) is 13.3 Å². The number of rotatable bonds is 4. The van der Waals surface area contributed by atoms with Crippen LogP contribution in [0.15, 0.2) is 47.5 Å². The molecule has 0 aliphatic carbocycles. The molecule has 0 aromatic heterocycles. The molecule has 0 unspecified atom stereocenters. The van der Waals surface area contributed by atoms with E-state index in [0.29, 0.717) is 5.69 Å². The lowest BCUT2D eigenvalue weighted by Crippen LogP contribution is -1.98. The fourth-order valence-corrected chi connectivity index (χ4v) is 1.71. The Bertz CT molecular complexity index is 649. The number of aryl methyl sites for hydroxylation is 1. The Balaban J connectivity index is 2.25.